The van der Waals surface area contributed by atoms with Gasteiger partial charge in [-0.1, -0.05) is 0 Å². The molecular weight excluding hydrogens is 275 g/mol. The molecule has 6 nitrogen and oxygen atoms in total. The summed E-state index contributed by atoms with van der Waals surface area (Å²) in [5.41, 5.74) is 4.24. The van der Waals surface area contributed by atoms with Crippen molar-refractivity contribution in [3.63, 3.8) is 0 Å². The molecule has 106 valence electrons. The summed E-state index contributed by atoms with van der Waals surface area (Å²) in [5, 5.41) is 9.97. The Labute approximate surface area is 110 Å². The van der Waals surface area contributed by atoms with E-state index in [1.165, 1.54) is 6.07 Å². The molecule has 1 aromatic carbocycles. The average molecular weight is 290 g/mol. The standard InChI is InChI=1S/C11H15FN2O4S/c12-8-1-2-9(13)10(5-8)19(16,17)14-6-11(15)3-4-18-7-11/h1-2,5,14-15H,3-4,6-7,13H2. The summed E-state index contributed by atoms with van der Waals surface area (Å²) < 4.78 is 44.3. The number of hydrogen-bond donors (Lipinski definition) is 3. The predicted molar refractivity (Wildman–Crippen MR) is 66.4 cm³/mol. The summed E-state index contributed by atoms with van der Waals surface area (Å²) in [6.45, 7) is 0.236. The van der Waals surface area contributed by atoms with Crippen LogP contribution in [0.2, 0.25) is 0 Å². The summed E-state index contributed by atoms with van der Waals surface area (Å²) in [6.07, 6.45) is 0.341. The fourth-order valence-electron chi connectivity index (χ4n) is 1.78. The number of benzene rings is 1. The highest BCUT2D eigenvalue weighted by atomic mass is 32.2. The van der Waals surface area contributed by atoms with E-state index in [4.69, 9.17) is 10.5 Å². The van der Waals surface area contributed by atoms with Crippen LogP contribution in [0.15, 0.2) is 23.1 Å². The Morgan fingerprint density at radius 2 is 2.26 bits per heavy atom. The topological polar surface area (TPSA) is 102 Å². The van der Waals surface area contributed by atoms with Crippen molar-refractivity contribution in [2.75, 3.05) is 25.5 Å². The second kappa shape index (κ2) is 5.04. The zero-order valence-corrected chi connectivity index (χ0v) is 10.9. The van der Waals surface area contributed by atoms with Gasteiger partial charge in [-0.25, -0.2) is 17.5 Å². The molecule has 1 aliphatic heterocycles. The van der Waals surface area contributed by atoms with Crippen LogP contribution in [0, 0.1) is 5.82 Å². The lowest BCUT2D eigenvalue weighted by Crippen LogP contribution is -2.43. The van der Waals surface area contributed by atoms with Crippen LogP contribution in [-0.2, 0) is 14.8 Å². The van der Waals surface area contributed by atoms with Gasteiger partial charge in [0.25, 0.3) is 0 Å². The highest BCUT2D eigenvalue weighted by Gasteiger charge is 2.34. The van der Waals surface area contributed by atoms with E-state index < -0.39 is 21.4 Å². The van der Waals surface area contributed by atoms with Gasteiger partial charge in [0.1, 0.15) is 16.3 Å². The Hall–Kier alpha value is -1.22. The largest absolute Gasteiger partial charge is 0.398 e. The predicted octanol–water partition coefficient (Wildman–Crippen LogP) is -0.162. The van der Waals surface area contributed by atoms with Crippen LogP contribution in [-0.4, -0.2) is 38.9 Å². The molecular formula is C11H15FN2O4S. The van der Waals surface area contributed by atoms with Crippen molar-refractivity contribution in [1.29, 1.82) is 0 Å². The Kier molecular flexibility index (Phi) is 3.77. The minimum absolute atomic E-state index is 0.0523. The number of anilines is 1. The third-order valence-corrected chi connectivity index (χ3v) is 4.40. The summed E-state index contributed by atoms with van der Waals surface area (Å²) in [5.74, 6) is -0.697. The molecule has 4 N–H and O–H groups in total. The van der Waals surface area contributed by atoms with Crippen molar-refractivity contribution >= 4 is 15.7 Å². The maximum Gasteiger partial charge on any atom is 0.242 e. The van der Waals surface area contributed by atoms with Crippen LogP contribution in [0.4, 0.5) is 10.1 Å². The molecule has 0 bridgehead atoms. The highest BCUT2D eigenvalue weighted by molar-refractivity contribution is 7.89. The van der Waals surface area contributed by atoms with Gasteiger partial charge in [-0.05, 0) is 18.2 Å². The molecule has 1 heterocycles. The van der Waals surface area contributed by atoms with Gasteiger partial charge >= 0.3 is 0 Å². The lowest BCUT2D eigenvalue weighted by Gasteiger charge is -2.20. The van der Waals surface area contributed by atoms with Gasteiger partial charge in [0.05, 0.1) is 12.3 Å². The van der Waals surface area contributed by atoms with E-state index in [0.29, 0.717) is 13.0 Å². The molecule has 0 spiro atoms. The summed E-state index contributed by atoms with van der Waals surface area (Å²) >= 11 is 0. The number of sulfonamides is 1. The number of aliphatic hydroxyl groups is 1. The molecule has 0 aromatic heterocycles. The molecule has 1 aliphatic rings. The van der Waals surface area contributed by atoms with Crippen molar-refractivity contribution in [3.8, 4) is 0 Å². The molecule has 1 atom stereocenters. The van der Waals surface area contributed by atoms with Gasteiger partial charge in [-0.15, -0.1) is 0 Å². The van der Waals surface area contributed by atoms with Gasteiger partial charge in [0, 0.05) is 19.6 Å². The SMILES string of the molecule is Nc1ccc(F)cc1S(=O)(=O)NCC1(O)CCOC1. The number of nitrogens with two attached hydrogens (primary N) is 1. The van der Waals surface area contributed by atoms with E-state index >= 15 is 0 Å². The minimum Gasteiger partial charge on any atom is -0.398 e. The molecule has 8 heteroatoms. The zero-order valence-electron chi connectivity index (χ0n) is 10.1. The van der Waals surface area contributed by atoms with Crippen LogP contribution in [0.25, 0.3) is 0 Å². The smallest absolute Gasteiger partial charge is 0.242 e. The van der Waals surface area contributed by atoms with Crippen LogP contribution in [0.3, 0.4) is 0 Å². The third-order valence-electron chi connectivity index (χ3n) is 2.94. The van der Waals surface area contributed by atoms with Crippen LogP contribution in [0.1, 0.15) is 6.42 Å². The van der Waals surface area contributed by atoms with Crippen LogP contribution >= 0.6 is 0 Å². The van der Waals surface area contributed by atoms with E-state index in [9.17, 15) is 17.9 Å². The Morgan fingerprint density at radius 3 is 2.89 bits per heavy atom. The average Bonchev–Trinajstić information content (AvgIpc) is 2.78. The maximum atomic E-state index is 13.1. The van der Waals surface area contributed by atoms with Gasteiger partial charge in [-0.2, -0.15) is 0 Å². The first-order valence-electron chi connectivity index (χ1n) is 5.67. The number of nitrogen functional groups attached to an aromatic ring is 1. The van der Waals surface area contributed by atoms with Crippen molar-refractivity contribution in [3.05, 3.63) is 24.0 Å². The second-order valence-electron chi connectivity index (χ2n) is 4.53. The highest BCUT2D eigenvalue weighted by Crippen LogP contribution is 2.21. The third kappa shape index (κ3) is 3.21. The summed E-state index contributed by atoms with van der Waals surface area (Å²) in [4.78, 5) is -0.338. The van der Waals surface area contributed by atoms with E-state index in [0.717, 1.165) is 12.1 Å². The van der Waals surface area contributed by atoms with Crippen LogP contribution < -0.4 is 10.5 Å². The number of hydrogen-bond acceptors (Lipinski definition) is 5. The Balaban J connectivity index is 2.16. The van der Waals surface area contributed by atoms with E-state index in [1.807, 2.05) is 0 Å². The molecule has 1 saturated heterocycles. The van der Waals surface area contributed by atoms with Gasteiger partial charge < -0.3 is 15.6 Å². The molecule has 1 fully saturated rings. The maximum absolute atomic E-state index is 13.1. The second-order valence-corrected chi connectivity index (χ2v) is 6.27. The quantitative estimate of drug-likeness (QED) is 0.669. The van der Waals surface area contributed by atoms with Gasteiger partial charge in [-0.3, -0.25) is 0 Å². The number of rotatable bonds is 4. The Morgan fingerprint density at radius 1 is 1.53 bits per heavy atom. The number of nitrogens with one attached hydrogen (secondary N) is 1. The number of ether oxygens (including phenoxy) is 1. The molecule has 0 saturated carbocycles. The van der Waals surface area contributed by atoms with E-state index in [-0.39, 0.29) is 23.7 Å². The first-order valence-corrected chi connectivity index (χ1v) is 7.16. The first kappa shape index (κ1) is 14.2. The minimum atomic E-state index is -3.97. The van der Waals surface area contributed by atoms with E-state index in [1.54, 1.807) is 0 Å². The summed E-state index contributed by atoms with van der Waals surface area (Å²) in [7, 11) is -3.97. The van der Waals surface area contributed by atoms with Gasteiger partial charge in [0.2, 0.25) is 10.0 Å². The monoisotopic (exact) mass is 290 g/mol. The lowest BCUT2D eigenvalue weighted by atomic mass is 10.1. The lowest BCUT2D eigenvalue weighted by molar-refractivity contribution is 0.0314. The molecule has 2 rings (SSSR count). The zero-order chi connectivity index (χ0) is 14.1. The molecule has 1 aromatic rings. The van der Waals surface area contributed by atoms with E-state index in [2.05, 4.69) is 4.72 Å². The summed E-state index contributed by atoms with van der Waals surface area (Å²) in [6, 6.07) is 3.09. The van der Waals surface area contributed by atoms with Crippen LogP contribution in [0.5, 0.6) is 0 Å². The van der Waals surface area contributed by atoms with Crippen molar-refractivity contribution in [2.45, 2.75) is 16.9 Å². The van der Waals surface area contributed by atoms with Crippen molar-refractivity contribution in [1.82, 2.24) is 4.72 Å². The molecule has 19 heavy (non-hydrogen) atoms. The fraction of sp³-hybridized carbons (Fsp3) is 0.455. The van der Waals surface area contributed by atoms with Crippen molar-refractivity contribution < 1.29 is 22.7 Å². The first-order chi connectivity index (χ1) is 8.82. The Bertz CT molecular complexity index is 570. The fourth-order valence-corrected chi connectivity index (χ4v) is 3.04. The molecule has 0 radical (unpaired) electrons. The normalized spacial score (nSPS) is 23.7. The molecule has 0 amide bonds. The van der Waals surface area contributed by atoms with Gasteiger partial charge in [0.15, 0.2) is 0 Å². The number of halogens is 1. The van der Waals surface area contributed by atoms with Crippen molar-refractivity contribution in [2.24, 2.45) is 0 Å². The molecule has 0 aliphatic carbocycles. The molecule has 1 unspecified atom stereocenters.